The fourth-order valence-corrected chi connectivity index (χ4v) is 3.72. The number of rotatable bonds is 6. The van der Waals surface area contributed by atoms with Gasteiger partial charge in [0, 0.05) is 11.9 Å². The van der Waals surface area contributed by atoms with E-state index in [0.29, 0.717) is 17.3 Å². The van der Waals surface area contributed by atoms with Crippen LogP contribution in [0.25, 0.3) is 0 Å². The Morgan fingerprint density at radius 1 is 1.32 bits per heavy atom. The molecule has 1 N–H and O–H groups in total. The van der Waals surface area contributed by atoms with Crippen molar-refractivity contribution < 1.29 is 8.42 Å². The van der Waals surface area contributed by atoms with E-state index in [1.54, 1.807) is 6.92 Å². The summed E-state index contributed by atoms with van der Waals surface area (Å²) in [5.74, 6) is 0.256. The molecule has 19 heavy (non-hydrogen) atoms. The zero-order valence-electron chi connectivity index (χ0n) is 12.1. The molecule has 5 nitrogen and oxygen atoms in total. The molecule has 1 aromatic rings. The van der Waals surface area contributed by atoms with Crippen LogP contribution in [-0.4, -0.2) is 29.8 Å². The van der Waals surface area contributed by atoms with Gasteiger partial charge in [0.15, 0.2) is 0 Å². The second kappa shape index (κ2) is 6.13. The SMILES string of the molecule is Cc1nn(C(C)C)c(C)c1NS(=O)(=O)CC(C)CCl. The minimum absolute atomic E-state index is 0.0161. The maximum Gasteiger partial charge on any atom is 0.233 e. The smallest absolute Gasteiger partial charge is 0.233 e. The Balaban J connectivity index is 3.00. The van der Waals surface area contributed by atoms with Crippen LogP contribution in [0, 0.1) is 19.8 Å². The van der Waals surface area contributed by atoms with Crippen LogP contribution in [0.2, 0.25) is 0 Å². The Morgan fingerprint density at radius 3 is 2.32 bits per heavy atom. The van der Waals surface area contributed by atoms with Crippen LogP contribution in [-0.2, 0) is 10.0 Å². The molecule has 0 saturated carbocycles. The van der Waals surface area contributed by atoms with Gasteiger partial charge in [-0.25, -0.2) is 8.42 Å². The molecule has 0 aromatic carbocycles. The van der Waals surface area contributed by atoms with E-state index in [-0.39, 0.29) is 17.7 Å². The summed E-state index contributed by atoms with van der Waals surface area (Å²) in [5.41, 5.74) is 2.10. The van der Waals surface area contributed by atoms with Gasteiger partial charge < -0.3 is 0 Å². The Kier molecular flexibility index (Phi) is 5.26. The molecule has 0 fully saturated rings. The van der Waals surface area contributed by atoms with E-state index in [4.69, 9.17) is 11.6 Å². The molecule has 0 aliphatic carbocycles. The summed E-state index contributed by atoms with van der Waals surface area (Å²) < 4.78 is 28.5. The molecule has 1 heterocycles. The summed E-state index contributed by atoms with van der Waals surface area (Å²) in [6.07, 6.45) is 0. The monoisotopic (exact) mass is 307 g/mol. The van der Waals surface area contributed by atoms with Crippen LogP contribution in [0.1, 0.15) is 38.2 Å². The van der Waals surface area contributed by atoms with Crippen LogP contribution in [0.15, 0.2) is 0 Å². The van der Waals surface area contributed by atoms with E-state index in [2.05, 4.69) is 9.82 Å². The molecule has 0 aliphatic heterocycles. The molecule has 0 saturated heterocycles. The van der Waals surface area contributed by atoms with E-state index in [1.807, 2.05) is 32.4 Å². The second-order valence-electron chi connectivity index (χ2n) is 5.23. The molecule has 7 heteroatoms. The second-order valence-corrected chi connectivity index (χ2v) is 7.30. The van der Waals surface area contributed by atoms with E-state index in [9.17, 15) is 8.42 Å². The predicted molar refractivity (Wildman–Crippen MR) is 79.4 cm³/mol. The summed E-state index contributed by atoms with van der Waals surface area (Å²) in [6.45, 7) is 9.49. The molecule has 0 bridgehead atoms. The third-order valence-corrected chi connectivity index (χ3v) is 4.89. The molecule has 0 amide bonds. The van der Waals surface area contributed by atoms with Crippen molar-refractivity contribution in [3.8, 4) is 0 Å². The van der Waals surface area contributed by atoms with Gasteiger partial charge in [-0.3, -0.25) is 9.40 Å². The zero-order chi connectivity index (χ0) is 14.8. The van der Waals surface area contributed by atoms with Crippen LogP contribution < -0.4 is 4.72 Å². The fraction of sp³-hybridized carbons (Fsp3) is 0.750. The Morgan fingerprint density at radius 2 is 1.89 bits per heavy atom. The largest absolute Gasteiger partial charge is 0.280 e. The van der Waals surface area contributed by atoms with Crippen molar-refractivity contribution in [2.75, 3.05) is 16.4 Å². The molecular formula is C12H22ClN3O2S. The molecule has 1 rings (SSSR count). The zero-order valence-corrected chi connectivity index (χ0v) is 13.6. The van der Waals surface area contributed by atoms with Crippen molar-refractivity contribution in [2.45, 2.75) is 40.7 Å². The van der Waals surface area contributed by atoms with Gasteiger partial charge in [0.05, 0.1) is 22.8 Å². The fourth-order valence-electron chi connectivity index (χ4n) is 1.93. The first-order valence-electron chi connectivity index (χ1n) is 6.30. The van der Waals surface area contributed by atoms with E-state index >= 15 is 0 Å². The van der Waals surface area contributed by atoms with Gasteiger partial charge in [-0.15, -0.1) is 11.6 Å². The van der Waals surface area contributed by atoms with Gasteiger partial charge >= 0.3 is 0 Å². The van der Waals surface area contributed by atoms with Crippen molar-refractivity contribution in [3.63, 3.8) is 0 Å². The minimum Gasteiger partial charge on any atom is -0.280 e. The number of hydrogen-bond donors (Lipinski definition) is 1. The number of anilines is 1. The van der Waals surface area contributed by atoms with Crippen LogP contribution in [0.4, 0.5) is 5.69 Å². The number of nitrogens with one attached hydrogen (secondary N) is 1. The van der Waals surface area contributed by atoms with Crippen LogP contribution in [0.3, 0.4) is 0 Å². The summed E-state index contributed by atoms with van der Waals surface area (Å²) in [4.78, 5) is 0. The number of nitrogens with zero attached hydrogens (tertiary/aromatic N) is 2. The average Bonchev–Trinajstić information content (AvgIpc) is 2.56. The van der Waals surface area contributed by atoms with Gasteiger partial charge in [0.25, 0.3) is 0 Å². The number of hydrogen-bond acceptors (Lipinski definition) is 3. The Labute approximate surface area is 120 Å². The first kappa shape index (κ1) is 16.3. The Bertz CT molecular complexity index is 537. The molecule has 1 atom stereocenters. The van der Waals surface area contributed by atoms with Crippen molar-refractivity contribution in [1.29, 1.82) is 0 Å². The lowest BCUT2D eigenvalue weighted by Gasteiger charge is -2.12. The summed E-state index contributed by atoms with van der Waals surface area (Å²) in [7, 11) is -3.39. The van der Waals surface area contributed by atoms with Crippen molar-refractivity contribution >= 4 is 27.3 Å². The molecule has 110 valence electrons. The molecule has 1 unspecified atom stereocenters. The van der Waals surface area contributed by atoms with E-state index in [0.717, 1.165) is 5.69 Å². The predicted octanol–water partition coefficient (Wildman–Crippen LogP) is 2.70. The van der Waals surface area contributed by atoms with Gasteiger partial charge in [0.1, 0.15) is 0 Å². The number of aryl methyl sites for hydroxylation is 1. The summed E-state index contributed by atoms with van der Waals surface area (Å²) in [5, 5.41) is 4.36. The van der Waals surface area contributed by atoms with Crippen molar-refractivity contribution in [3.05, 3.63) is 11.4 Å². The number of aromatic nitrogens is 2. The summed E-state index contributed by atoms with van der Waals surface area (Å²) in [6, 6.07) is 0.193. The van der Waals surface area contributed by atoms with Gasteiger partial charge in [-0.05, 0) is 33.6 Å². The van der Waals surface area contributed by atoms with E-state index in [1.165, 1.54) is 0 Å². The van der Waals surface area contributed by atoms with Gasteiger partial charge in [-0.1, -0.05) is 6.92 Å². The topological polar surface area (TPSA) is 64.0 Å². The van der Waals surface area contributed by atoms with Gasteiger partial charge in [-0.2, -0.15) is 5.10 Å². The maximum atomic E-state index is 12.0. The highest BCUT2D eigenvalue weighted by Gasteiger charge is 2.20. The first-order valence-corrected chi connectivity index (χ1v) is 8.48. The minimum atomic E-state index is -3.39. The number of sulfonamides is 1. The standard InChI is InChI=1S/C12H22ClN3O2S/c1-8(2)16-11(5)12(10(4)14-16)15-19(17,18)7-9(3)6-13/h8-9,15H,6-7H2,1-5H3. The molecule has 0 radical (unpaired) electrons. The van der Waals surface area contributed by atoms with Crippen LogP contribution in [0.5, 0.6) is 0 Å². The molecule has 0 aliphatic rings. The van der Waals surface area contributed by atoms with Crippen molar-refractivity contribution in [1.82, 2.24) is 9.78 Å². The molecule has 1 aromatic heterocycles. The average molecular weight is 308 g/mol. The lowest BCUT2D eigenvalue weighted by atomic mass is 10.3. The first-order chi connectivity index (χ1) is 8.68. The van der Waals surface area contributed by atoms with Crippen LogP contribution >= 0.6 is 11.6 Å². The normalized spacial score (nSPS) is 13.8. The van der Waals surface area contributed by atoms with Gasteiger partial charge in [0.2, 0.25) is 10.0 Å². The molecular weight excluding hydrogens is 286 g/mol. The Hall–Kier alpha value is -0.750. The molecule has 0 spiro atoms. The lowest BCUT2D eigenvalue weighted by Crippen LogP contribution is -2.22. The third kappa shape index (κ3) is 4.11. The quantitative estimate of drug-likeness (QED) is 0.822. The highest BCUT2D eigenvalue weighted by Crippen LogP contribution is 2.23. The number of alkyl halides is 1. The third-order valence-electron chi connectivity index (χ3n) is 2.84. The number of halogens is 1. The maximum absolute atomic E-state index is 12.0. The summed E-state index contributed by atoms with van der Waals surface area (Å²) >= 11 is 5.66. The highest BCUT2D eigenvalue weighted by atomic mass is 35.5. The van der Waals surface area contributed by atoms with Crippen molar-refractivity contribution in [2.24, 2.45) is 5.92 Å². The highest BCUT2D eigenvalue weighted by molar-refractivity contribution is 7.92. The lowest BCUT2D eigenvalue weighted by molar-refractivity contribution is 0.516. The van der Waals surface area contributed by atoms with E-state index < -0.39 is 10.0 Å².